The molecule has 2 saturated heterocycles. The summed E-state index contributed by atoms with van der Waals surface area (Å²) in [5.74, 6) is -3.00. The molecule has 1 N–H and O–H groups in total. The maximum atomic E-state index is 14.5. The third-order valence-electron chi connectivity index (χ3n) is 9.10. The number of benzene rings is 1. The van der Waals surface area contributed by atoms with E-state index in [1.54, 1.807) is 11.8 Å². The summed E-state index contributed by atoms with van der Waals surface area (Å²) in [4.78, 5) is 47.7. The quantitative estimate of drug-likeness (QED) is 0.411. The lowest BCUT2D eigenvalue weighted by molar-refractivity contribution is -0.160. The molecule has 4 heterocycles. The Kier molecular flexibility index (Phi) is 7.81. The molecule has 40 heavy (non-hydrogen) atoms. The van der Waals surface area contributed by atoms with Crippen LogP contribution >= 0.6 is 0 Å². The fourth-order valence-electron chi connectivity index (χ4n) is 7.04. The molecule has 1 unspecified atom stereocenters. The van der Waals surface area contributed by atoms with Gasteiger partial charge in [0.25, 0.3) is 5.91 Å². The van der Waals surface area contributed by atoms with Crippen LogP contribution in [0.25, 0.3) is 0 Å². The number of aliphatic hydroxyl groups is 1. The van der Waals surface area contributed by atoms with Crippen molar-refractivity contribution in [3.63, 3.8) is 0 Å². The van der Waals surface area contributed by atoms with E-state index in [1.807, 2.05) is 55.5 Å². The Bertz CT molecular complexity index is 1190. The maximum Gasteiger partial charge on any atom is 0.313 e. The minimum Gasteiger partial charge on any atom is -0.465 e. The van der Waals surface area contributed by atoms with Crippen LogP contribution in [0.2, 0.25) is 0 Å². The Morgan fingerprint density at radius 1 is 1.02 bits per heavy atom. The van der Waals surface area contributed by atoms with Crippen LogP contribution in [0.15, 0.2) is 48.6 Å². The number of nitrogens with zero attached hydrogens (tertiary/aromatic N) is 3. The van der Waals surface area contributed by atoms with Gasteiger partial charge in [0.2, 0.25) is 5.91 Å². The molecule has 1 aromatic carbocycles. The standard InChI is InChI=1S/C31H41N3O6/c1-5-30-16-9-8-10-19-39-29(38)25(30)24-27(36)34(21(4)20-35)26-28(37)33(18-11-17-31(24,26)40-30)23-14-12-22(13-15-23)32(6-2)7-3/h9,11-17,21,24-26,35H,5-8,10,18-20H2,1-4H3/b16-9-/t21-,24+,25+,26?,30-,31+/m1/s1. The second-order valence-corrected chi connectivity index (χ2v) is 11.2. The van der Waals surface area contributed by atoms with Crippen molar-refractivity contribution < 1.29 is 29.0 Å². The number of cyclic esters (lactones) is 1. The number of ether oxygens (including phenoxy) is 2. The van der Waals surface area contributed by atoms with E-state index in [-0.39, 0.29) is 31.6 Å². The number of rotatable bonds is 7. The van der Waals surface area contributed by atoms with Gasteiger partial charge >= 0.3 is 5.97 Å². The number of fused-ring (bicyclic) bond motifs is 2. The van der Waals surface area contributed by atoms with E-state index in [1.165, 1.54) is 4.90 Å². The van der Waals surface area contributed by atoms with Crippen LogP contribution in [0.1, 0.15) is 47.0 Å². The Hall–Kier alpha value is -3.17. The van der Waals surface area contributed by atoms with Crippen molar-refractivity contribution in [2.45, 2.75) is 70.2 Å². The van der Waals surface area contributed by atoms with Crippen molar-refractivity contribution in [3.05, 3.63) is 48.6 Å². The topological polar surface area (TPSA) is 99.6 Å². The molecule has 1 spiro atoms. The number of aliphatic hydroxyl groups excluding tert-OH is 1. The summed E-state index contributed by atoms with van der Waals surface area (Å²) >= 11 is 0. The monoisotopic (exact) mass is 551 g/mol. The number of amides is 2. The number of anilines is 2. The molecule has 9 nitrogen and oxygen atoms in total. The van der Waals surface area contributed by atoms with Crippen molar-refractivity contribution in [2.24, 2.45) is 11.8 Å². The lowest BCUT2D eigenvalue weighted by Gasteiger charge is -2.40. The van der Waals surface area contributed by atoms with Gasteiger partial charge in [-0.1, -0.05) is 31.2 Å². The van der Waals surface area contributed by atoms with Crippen molar-refractivity contribution in [2.75, 3.05) is 42.6 Å². The Morgan fingerprint density at radius 3 is 2.40 bits per heavy atom. The van der Waals surface area contributed by atoms with E-state index in [0.29, 0.717) is 18.5 Å². The van der Waals surface area contributed by atoms with Crippen LogP contribution in [0.4, 0.5) is 11.4 Å². The number of hydrogen-bond donors (Lipinski definition) is 1. The zero-order valence-corrected chi connectivity index (χ0v) is 23.9. The molecule has 4 aliphatic rings. The van der Waals surface area contributed by atoms with Crippen LogP contribution in [0, 0.1) is 11.8 Å². The van der Waals surface area contributed by atoms with Crippen LogP contribution in [-0.2, 0) is 23.9 Å². The molecule has 2 fully saturated rings. The van der Waals surface area contributed by atoms with Gasteiger partial charge in [-0.25, -0.2) is 0 Å². The van der Waals surface area contributed by atoms with E-state index in [0.717, 1.165) is 25.2 Å². The van der Waals surface area contributed by atoms with Gasteiger partial charge < -0.3 is 29.3 Å². The third kappa shape index (κ3) is 4.25. The van der Waals surface area contributed by atoms with E-state index in [4.69, 9.17) is 9.47 Å². The van der Waals surface area contributed by atoms with E-state index in [9.17, 15) is 19.5 Å². The number of hydrogen-bond acceptors (Lipinski definition) is 7. The highest BCUT2D eigenvalue weighted by Crippen LogP contribution is 2.58. The third-order valence-corrected chi connectivity index (χ3v) is 9.10. The highest BCUT2D eigenvalue weighted by atomic mass is 16.6. The average Bonchev–Trinajstić information content (AvgIpc) is 3.35. The Balaban J connectivity index is 1.61. The molecule has 0 radical (unpaired) electrons. The Labute approximate surface area is 236 Å². The molecule has 0 bridgehead atoms. The van der Waals surface area contributed by atoms with Crippen LogP contribution in [0.3, 0.4) is 0 Å². The fraction of sp³-hybridized carbons (Fsp3) is 0.581. The van der Waals surface area contributed by atoms with Gasteiger partial charge in [-0.2, -0.15) is 0 Å². The number of allylic oxidation sites excluding steroid dienone is 1. The number of likely N-dealkylation sites (tertiary alicyclic amines) is 1. The van der Waals surface area contributed by atoms with Gasteiger partial charge in [0.15, 0.2) is 0 Å². The second kappa shape index (κ2) is 11.0. The second-order valence-electron chi connectivity index (χ2n) is 11.2. The largest absolute Gasteiger partial charge is 0.465 e. The highest BCUT2D eigenvalue weighted by Gasteiger charge is 2.75. The van der Waals surface area contributed by atoms with Gasteiger partial charge in [0.05, 0.1) is 25.2 Å². The molecule has 9 heteroatoms. The van der Waals surface area contributed by atoms with Crippen molar-refractivity contribution in [3.8, 4) is 0 Å². The van der Waals surface area contributed by atoms with Crippen LogP contribution < -0.4 is 9.80 Å². The average molecular weight is 552 g/mol. The van der Waals surface area contributed by atoms with Gasteiger partial charge in [-0.3, -0.25) is 14.4 Å². The number of carbonyl (C=O) groups is 3. The van der Waals surface area contributed by atoms with Gasteiger partial charge in [-0.05, 0) is 64.3 Å². The van der Waals surface area contributed by atoms with Crippen molar-refractivity contribution in [1.29, 1.82) is 0 Å². The molecule has 2 amide bonds. The lowest BCUT2D eigenvalue weighted by atomic mass is 9.73. The minimum atomic E-state index is -1.38. The van der Waals surface area contributed by atoms with E-state index < -0.39 is 41.1 Å². The molecule has 6 atom stereocenters. The smallest absolute Gasteiger partial charge is 0.313 e. The Morgan fingerprint density at radius 2 is 1.75 bits per heavy atom. The molecule has 0 aliphatic carbocycles. The normalized spacial score (nSPS) is 33.2. The highest BCUT2D eigenvalue weighted by molar-refractivity contribution is 6.05. The summed E-state index contributed by atoms with van der Waals surface area (Å²) in [6, 6.07) is 6.15. The first kappa shape index (κ1) is 28.4. The first-order chi connectivity index (χ1) is 19.3. The van der Waals surface area contributed by atoms with Gasteiger partial charge in [-0.15, -0.1) is 0 Å². The summed E-state index contributed by atoms with van der Waals surface area (Å²) in [6.07, 6.45) is 9.45. The molecule has 0 saturated carbocycles. The predicted octanol–water partition coefficient (Wildman–Crippen LogP) is 3.07. The summed E-state index contributed by atoms with van der Waals surface area (Å²) in [6.45, 7) is 9.82. The summed E-state index contributed by atoms with van der Waals surface area (Å²) in [5, 5.41) is 10.1. The summed E-state index contributed by atoms with van der Waals surface area (Å²) < 4.78 is 12.6. The molecular formula is C31H41N3O6. The molecule has 5 rings (SSSR count). The number of carbonyl (C=O) groups excluding carboxylic acids is 3. The van der Waals surface area contributed by atoms with Gasteiger partial charge in [0, 0.05) is 31.0 Å². The number of esters is 1. The molecule has 216 valence electrons. The first-order valence-corrected chi connectivity index (χ1v) is 14.6. The van der Waals surface area contributed by atoms with Crippen molar-refractivity contribution >= 4 is 29.2 Å². The summed E-state index contributed by atoms with van der Waals surface area (Å²) in [7, 11) is 0. The molecular weight excluding hydrogens is 510 g/mol. The maximum absolute atomic E-state index is 14.5. The lowest BCUT2D eigenvalue weighted by Crippen LogP contribution is -2.58. The fourth-order valence-corrected chi connectivity index (χ4v) is 7.04. The zero-order chi connectivity index (χ0) is 28.7. The van der Waals surface area contributed by atoms with E-state index >= 15 is 0 Å². The van der Waals surface area contributed by atoms with Crippen LogP contribution in [0.5, 0.6) is 0 Å². The predicted molar refractivity (Wildman–Crippen MR) is 152 cm³/mol. The minimum absolute atomic E-state index is 0.263. The van der Waals surface area contributed by atoms with E-state index in [2.05, 4.69) is 18.7 Å². The van der Waals surface area contributed by atoms with Crippen LogP contribution in [-0.4, -0.2) is 83.9 Å². The van der Waals surface area contributed by atoms with Crippen molar-refractivity contribution in [1.82, 2.24) is 4.90 Å². The summed E-state index contributed by atoms with van der Waals surface area (Å²) in [5.41, 5.74) is -0.688. The SMILES string of the molecule is CCN(CC)c1ccc(N2CC=C[C@]34O[C@]5(CC)/C=C\CCCOC(=O)[C@@H]5[C@H]3C(=O)N([C@H](C)CO)C4C2=O)cc1. The first-order valence-electron chi connectivity index (χ1n) is 14.6. The molecule has 1 aromatic rings. The van der Waals surface area contributed by atoms with Gasteiger partial charge in [0.1, 0.15) is 23.2 Å². The molecule has 0 aromatic heterocycles. The molecule has 4 aliphatic heterocycles. The zero-order valence-electron chi connectivity index (χ0n) is 23.9.